The van der Waals surface area contributed by atoms with E-state index >= 15 is 0 Å². The van der Waals surface area contributed by atoms with Gasteiger partial charge >= 0.3 is 0 Å². The SMILES string of the molecule is CC[C@](C)(O)c1cc2n(c(=O)c1COC)Cc1c-2nc2cc(F)c(C)cc2c1COCCNC. The molecule has 2 aromatic heterocycles. The van der Waals surface area contributed by atoms with Crippen LogP contribution in [0.15, 0.2) is 23.0 Å². The highest BCUT2D eigenvalue weighted by Crippen LogP contribution is 2.39. The molecule has 0 fully saturated rings. The van der Waals surface area contributed by atoms with Crippen molar-refractivity contribution >= 4 is 10.9 Å². The number of ether oxygens (including phenoxy) is 2. The molecular formula is C26H32FN3O4. The first-order chi connectivity index (χ1) is 16.2. The molecule has 34 heavy (non-hydrogen) atoms. The number of likely N-dealkylation sites (N-methyl/N-ethyl adjacent to an activating group) is 1. The molecule has 0 bridgehead atoms. The van der Waals surface area contributed by atoms with Crippen LogP contribution in [-0.4, -0.2) is 42.0 Å². The molecule has 0 amide bonds. The lowest BCUT2D eigenvalue weighted by Gasteiger charge is -2.25. The van der Waals surface area contributed by atoms with Crippen LogP contribution in [-0.2, 0) is 34.8 Å². The van der Waals surface area contributed by atoms with Crippen LogP contribution in [0.5, 0.6) is 0 Å². The first-order valence-corrected chi connectivity index (χ1v) is 11.6. The van der Waals surface area contributed by atoms with Crippen LogP contribution in [0.25, 0.3) is 22.3 Å². The molecule has 0 saturated heterocycles. The standard InChI is InChI=1S/C26H32FN3O4/c1-6-26(3,32)20-10-23-24-17(12-30(23)25(31)19(20)13-33-5)18(14-34-8-7-28-4)16-9-15(2)21(27)11-22(16)29-24/h9-11,28,32H,6-8,12-14H2,1-5H3/t26-/m0/s1. The minimum absolute atomic E-state index is 0.0980. The number of nitrogens with zero attached hydrogens (tertiary/aromatic N) is 2. The molecule has 4 rings (SSSR count). The van der Waals surface area contributed by atoms with Crippen molar-refractivity contribution in [3.05, 3.63) is 62.2 Å². The number of hydrogen-bond acceptors (Lipinski definition) is 6. The monoisotopic (exact) mass is 469 g/mol. The fourth-order valence-electron chi connectivity index (χ4n) is 4.55. The molecule has 0 radical (unpaired) electrons. The topological polar surface area (TPSA) is 85.6 Å². The van der Waals surface area contributed by atoms with E-state index in [0.29, 0.717) is 66.3 Å². The molecule has 1 aliphatic rings. The van der Waals surface area contributed by atoms with Gasteiger partial charge in [-0.3, -0.25) is 4.79 Å². The van der Waals surface area contributed by atoms with E-state index in [0.717, 1.165) is 16.5 Å². The molecule has 1 atom stereocenters. The van der Waals surface area contributed by atoms with Crippen molar-refractivity contribution in [2.24, 2.45) is 0 Å². The minimum atomic E-state index is -1.20. The highest BCUT2D eigenvalue weighted by atomic mass is 19.1. The van der Waals surface area contributed by atoms with Crippen LogP contribution >= 0.6 is 0 Å². The molecule has 0 unspecified atom stereocenters. The molecule has 3 aromatic rings. The van der Waals surface area contributed by atoms with Crippen LogP contribution in [0, 0.1) is 12.7 Å². The van der Waals surface area contributed by atoms with Gasteiger partial charge in [0.05, 0.1) is 48.9 Å². The molecule has 2 N–H and O–H groups in total. The summed E-state index contributed by atoms with van der Waals surface area (Å²) in [5.41, 5.74) is 3.62. The van der Waals surface area contributed by atoms with Gasteiger partial charge in [-0.05, 0) is 56.1 Å². The fraction of sp³-hybridized carbons (Fsp3) is 0.462. The summed E-state index contributed by atoms with van der Waals surface area (Å²) in [6, 6.07) is 5.06. The van der Waals surface area contributed by atoms with Gasteiger partial charge in [0.2, 0.25) is 0 Å². The molecule has 1 aromatic carbocycles. The Morgan fingerprint density at radius 1 is 1.26 bits per heavy atom. The number of halogens is 1. The van der Waals surface area contributed by atoms with Crippen molar-refractivity contribution in [3.63, 3.8) is 0 Å². The number of methoxy groups -OCH3 is 1. The maximum absolute atomic E-state index is 14.5. The summed E-state index contributed by atoms with van der Waals surface area (Å²) >= 11 is 0. The number of aliphatic hydroxyl groups is 1. The number of fused-ring (bicyclic) bond motifs is 4. The predicted molar refractivity (Wildman–Crippen MR) is 129 cm³/mol. The second-order valence-corrected chi connectivity index (χ2v) is 9.07. The Bertz CT molecular complexity index is 1300. The third kappa shape index (κ3) is 4.15. The molecule has 0 saturated carbocycles. The van der Waals surface area contributed by atoms with E-state index in [9.17, 15) is 14.3 Å². The van der Waals surface area contributed by atoms with Crippen molar-refractivity contribution in [1.29, 1.82) is 0 Å². The summed E-state index contributed by atoms with van der Waals surface area (Å²) < 4.78 is 27.4. The van der Waals surface area contributed by atoms with Crippen molar-refractivity contribution in [2.75, 3.05) is 27.3 Å². The molecule has 0 spiro atoms. The highest BCUT2D eigenvalue weighted by molar-refractivity contribution is 5.88. The van der Waals surface area contributed by atoms with Crippen LogP contribution < -0.4 is 10.9 Å². The van der Waals surface area contributed by atoms with E-state index in [4.69, 9.17) is 14.5 Å². The van der Waals surface area contributed by atoms with Crippen molar-refractivity contribution in [2.45, 2.75) is 52.6 Å². The van der Waals surface area contributed by atoms with Gasteiger partial charge in [0.1, 0.15) is 5.82 Å². The summed E-state index contributed by atoms with van der Waals surface area (Å²) in [6.45, 7) is 7.26. The average molecular weight is 470 g/mol. The average Bonchev–Trinajstić information content (AvgIpc) is 3.17. The van der Waals surface area contributed by atoms with Gasteiger partial charge in [-0.1, -0.05) is 6.92 Å². The lowest BCUT2D eigenvalue weighted by molar-refractivity contribution is 0.0495. The lowest BCUT2D eigenvalue weighted by atomic mass is 9.89. The van der Waals surface area contributed by atoms with Gasteiger partial charge in [0.25, 0.3) is 5.56 Å². The quantitative estimate of drug-likeness (QED) is 0.366. The molecule has 182 valence electrons. The summed E-state index contributed by atoms with van der Waals surface area (Å²) in [5.74, 6) is -0.331. The third-order valence-electron chi connectivity index (χ3n) is 6.74. The fourth-order valence-corrected chi connectivity index (χ4v) is 4.55. The maximum Gasteiger partial charge on any atom is 0.257 e. The molecule has 7 nitrogen and oxygen atoms in total. The number of nitrogens with one attached hydrogen (secondary N) is 1. The third-order valence-corrected chi connectivity index (χ3v) is 6.74. The Hall–Kier alpha value is -2.65. The van der Waals surface area contributed by atoms with Gasteiger partial charge in [0, 0.05) is 36.2 Å². The molecule has 8 heteroatoms. The number of aryl methyl sites for hydroxylation is 1. The van der Waals surface area contributed by atoms with Gasteiger partial charge in [0.15, 0.2) is 0 Å². The largest absolute Gasteiger partial charge is 0.385 e. The summed E-state index contributed by atoms with van der Waals surface area (Å²) in [5, 5.41) is 14.9. The molecule has 3 heterocycles. The lowest BCUT2D eigenvalue weighted by Crippen LogP contribution is -2.31. The van der Waals surface area contributed by atoms with Crippen LogP contribution in [0.2, 0.25) is 0 Å². The summed E-state index contributed by atoms with van der Waals surface area (Å²) in [7, 11) is 3.39. The molecule has 0 aliphatic carbocycles. The van der Waals surface area contributed by atoms with E-state index in [2.05, 4.69) is 5.32 Å². The Kier molecular flexibility index (Phi) is 6.87. The first kappa shape index (κ1) is 24.5. The zero-order valence-corrected chi connectivity index (χ0v) is 20.4. The van der Waals surface area contributed by atoms with Crippen molar-refractivity contribution in [3.8, 4) is 11.4 Å². The Morgan fingerprint density at radius 3 is 2.71 bits per heavy atom. The second-order valence-electron chi connectivity index (χ2n) is 9.07. The summed E-state index contributed by atoms with van der Waals surface area (Å²) in [6.07, 6.45) is 0.430. The van der Waals surface area contributed by atoms with Gasteiger partial charge < -0.3 is 24.5 Å². The van der Waals surface area contributed by atoms with Crippen molar-refractivity contribution in [1.82, 2.24) is 14.9 Å². The number of pyridine rings is 2. The maximum atomic E-state index is 14.5. The molecule has 1 aliphatic heterocycles. The highest BCUT2D eigenvalue weighted by Gasteiger charge is 2.33. The van der Waals surface area contributed by atoms with E-state index in [1.54, 1.807) is 24.5 Å². The van der Waals surface area contributed by atoms with Crippen molar-refractivity contribution < 1.29 is 19.0 Å². The Balaban J connectivity index is 1.97. The smallest absolute Gasteiger partial charge is 0.257 e. The number of aromatic nitrogens is 2. The Morgan fingerprint density at radius 2 is 2.03 bits per heavy atom. The van der Waals surface area contributed by atoms with E-state index in [-0.39, 0.29) is 18.0 Å². The number of rotatable bonds is 9. The van der Waals surface area contributed by atoms with E-state index in [1.165, 1.54) is 13.2 Å². The van der Waals surface area contributed by atoms with Gasteiger partial charge in [-0.2, -0.15) is 0 Å². The van der Waals surface area contributed by atoms with E-state index < -0.39 is 5.60 Å². The minimum Gasteiger partial charge on any atom is -0.385 e. The Labute approximate surface area is 198 Å². The summed E-state index contributed by atoms with van der Waals surface area (Å²) in [4.78, 5) is 18.3. The van der Waals surface area contributed by atoms with Gasteiger partial charge in [-0.15, -0.1) is 0 Å². The zero-order chi connectivity index (χ0) is 24.6. The normalized spacial score (nSPS) is 14.3. The first-order valence-electron chi connectivity index (χ1n) is 11.6. The van der Waals surface area contributed by atoms with Crippen LogP contribution in [0.3, 0.4) is 0 Å². The number of hydrogen-bond donors (Lipinski definition) is 2. The predicted octanol–water partition coefficient (Wildman–Crippen LogP) is 3.37. The van der Waals surface area contributed by atoms with Crippen LogP contribution in [0.1, 0.15) is 48.1 Å². The molecular weight excluding hydrogens is 437 g/mol. The second kappa shape index (κ2) is 9.54. The number of benzene rings is 1. The van der Waals surface area contributed by atoms with E-state index in [1.807, 2.05) is 20.0 Å². The van der Waals surface area contributed by atoms with Crippen LogP contribution in [0.4, 0.5) is 4.39 Å². The zero-order valence-electron chi connectivity index (χ0n) is 20.4. The van der Waals surface area contributed by atoms with Gasteiger partial charge in [-0.25, -0.2) is 9.37 Å².